The minimum Gasteiger partial charge on any atom is -0.480 e. The molecular weight excluding hydrogens is 783 g/mol. The number of aromatic amines is 1. The molecule has 0 fully saturated rings. The van der Waals surface area contributed by atoms with Crippen LogP contribution in [0.25, 0.3) is 0 Å². The van der Waals surface area contributed by atoms with Crippen LogP contribution < -0.4 is 59.7 Å². The maximum absolute atomic E-state index is 12.6. The van der Waals surface area contributed by atoms with E-state index in [0.29, 0.717) is 31.5 Å². The van der Waals surface area contributed by atoms with Gasteiger partial charge >= 0.3 is 5.97 Å². The molecule has 26 heteroatoms. The van der Waals surface area contributed by atoms with Gasteiger partial charge in [-0.1, -0.05) is 6.42 Å². The minimum atomic E-state index is -1.51. The van der Waals surface area contributed by atoms with Crippen LogP contribution in [0.1, 0.15) is 31.4 Å². The van der Waals surface area contributed by atoms with Crippen molar-refractivity contribution < 1.29 is 53.1 Å². The van der Waals surface area contributed by atoms with Gasteiger partial charge < -0.3 is 69.8 Å². The molecule has 24 nitrogen and oxygen atoms in total. The second-order valence-electron chi connectivity index (χ2n) is 11.9. The highest BCUT2D eigenvalue weighted by molar-refractivity contribution is 7.80. The largest absolute Gasteiger partial charge is 0.480 e. The number of unbranched alkanes of at least 4 members (excludes halogenated alkanes) is 1. The molecular formula is C30H49N13O11S2. The van der Waals surface area contributed by atoms with E-state index in [1.54, 1.807) is 0 Å². The number of nitrogens with two attached hydrogens (primary N) is 3. The van der Waals surface area contributed by atoms with Crippen molar-refractivity contribution in [3.8, 4) is 0 Å². The fraction of sp³-hybridized carbons (Fsp3) is 0.567. The van der Waals surface area contributed by atoms with Crippen LogP contribution in [0.5, 0.6) is 0 Å². The van der Waals surface area contributed by atoms with Gasteiger partial charge in [-0.2, -0.15) is 25.3 Å². The van der Waals surface area contributed by atoms with Crippen LogP contribution in [0.15, 0.2) is 12.5 Å². The Kier molecular flexibility index (Phi) is 22.8. The normalized spacial score (nSPS) is 13.3. The summed E-state index contributed by atoms with van der Waals surface area (Å²) in [5.41, 5.74) is 16.8. The average molecular weight is 832 g/mol. The van der Waals surface area contributed by atoms with Gasteiger partial charge in [0.2, 0.25) is 53.2 Å². The van der Waals surface area contributed by atoms with Crippen molar-refractivity contribution in [3.63, 3.8) is 0 Å². The lowest BCUT2D eigenvalue weighted by molar-refractivity contribution is -0.142. The molecule has 312 valence electrons. The Morgan fingerprint density at radius 3 is 1.68 bits per heavy atom. The number of hydrogen-bond donors (Lipinski definition) is 15. The van der Waals surface area contributed by atoms with Gasteiger partial charge in [0.15, 0.2) is 0 Å². The zero-order valence-electron chi connectivity index (χ0n) is 30.1. The Bertz CT molecular complexity index is 1530. The predicted octanol–water partition coefficient (Wildman–Crippen LogP) is -7.37. The van der Waals surface area contributed by atoms with Gasteiger partial charge in [0.05, 0.1) is 45.0 Å². The van der Waals surface area contributed by atoms with Crippen molar-refractivity contribution in [3.05, 3.63) is 18.2 Å². The SMILES string of the molecule is NCCCCC(N)C(=O)NCC(=O)NC(CC(N)=O)C(=O)NCC(=O)NCC(=O)NC(CS)C(=O)NCC(=O)NC(CS)C(=O)NC(Cc1cnc[nH]1)C(=O)O. The number of amides is 9. The van der Waals surface area contributed by atoms with E-state index >= 15 is 0 Å². The molecule has 5 unspecified atom stereocenters. The number of carboxylic acid groups (broad SMARTS) is 1. The number of primary amides is 1. The number of aromatic nitrogens is 2. The molecule has 0 aliphatic carbocycles. The molecule has 0 aromatic carbocycles. The predicted molar refractivity (Wildman–Crippen MR) is 202 cm³/mol. The molecule has 0 aliphatic heterocycles. The monoisotopic (exact) mass is 831 g/mol. The highest BCUT2D eigenvalue weighted by Gasteiger charge is 2.28. The van der Waals surface area contributed by atoms with E-state index in [9.17, 15) is 53.1 Å². The van der Waals surface area contributed by atoms with E-state index in [1.807, 2.05) is 0 Å². The Hall–Kier alpha value is -5.47. The maximum Gasteiger partial charge on any atom is 0.326 e. The molecule has 16 N–H and O–H groups in total. The third kappa shape index (κ3) is 19.7. The molecule has 1 aromatic heterocycles. The van der Waals surface area contributed by atoms with Crippen molar-refractivity contribution in [2.45, 2.75) is 62.3 Å². The van der Waals surface area contributed by atoms with Crippen molar-refractivity contribution in [2.24, 2.45) is 17.2 Å². The Balaban J connectivity index is 2.53. The molecule has 56 heavy (non-hydrogen) atoms. The van der Waals surface area contributed by atoms with Crippen LogP contribution in [0.4, 0.5) is 0 Å². The maximum atomic E-state index is 12.6. The van der Waals surface area contributed by atoms with Gasteiger partial charge in [-0.25, -0.2) is 9.78 Å². The number of nitrogens with one attached hydrogen (secondary N) is 9. The molecule has 9 amide bonds. The van der Waals surface area contributed by atoms with E-state index in [1.165, 1.54) is 12.5 Å². The second kappa shape index (κ2) is 26.4. The van der Waals surface area contributed by atoms with Gasteiger partial charge in [-0.15, -0.1) is 0 Å². The lowest BCUT2D eigenvalue weighted by Gasteiger charge is -2.20. The van der Waals surface area contributed by atoms with Gasteiger partial charge in [-0.3, -0.25) is 43.2 Å². The summed E-state index contributed by atoms with van der Waals surface area (Å²) >= 11 is 8.03. The van der Waals surface area contributed by atoms with Crippen LogP contribution in [-0.2, 0) is 54.4 Å². The first-order chi connectivity index (χ1) is 26.5. The first kappa shape index (κ1) is 48.5. The number of rotatable bonds is 27. The molecule has 0 radical (unpaired) electrons. The average Bonchev–Trinajstić information content (AvgIpc) is 3.67. The van der Waals surface area contributed by atoms with Crippen LogP contribution in [0, 0.1) is 0 Å². The number of carbonyl (C=O) groups is 10. The fourth-order valence-electron chi connectivity index (χ4n) is 4.38. The van der Waals surface area contributed by atoms with Crippen molar-refractivity contribution in [2.75, 3.05) is 44.2 Å². The number of H-pyrrole nitrogens is 1. The Labute approximate surface area is 331 Å². The number of hydrogen-bond acceptors (Lipinski definition) is 15. The second-order valence-corrected chi connectivity index (χ2v) is 12.6. The van der Waals surface area contributed by atoms with Gasteiger partial charge in [-0.05, 0) is 19.4 Å². The summed E-state index contributed by atoms with van der Waals surface area (Å²) in [5.74, 6) is -9.48. The van der Waals surface area contributed by atoms with E-state index < -0.39 is 122 Å². The Morgan fingerprint density at radius 1 is 0.679 bits per heavy atom. The number of nitrogens with zero attached hydrogens (tertiary/aromatic N) is 1. The molecule has 0 saturated heterocycles. The topological polar surface area (TPSA) is 394 Å². The summed E-state index contributed by atoms with van der Waals surface area (Å²) < 4.78 is 0. The number of imidazole rings is 1. The number of carboxylic acids is 1. The third-order valence-corrected chi connectivity index (χ3v) is 8.07. The lowest BCUT2D eigenvalue weighted by atomic mass is 10.1. The van der Waals surface area contributed by atoms with Gasteiger partial charge in [0, 0.05) is 29.8 Å². The zero-order chi connectivity index (χ0) is 42.2. The Morgan fingerprint density at radius 2 is 1.18 bits per heavy atom. The number of carbonyl (C=O) groups excluding carboxylic acids is 9. The highest BCUT2D eigenvalue weighted by atomic mass is 32.1. The minimum absolute atomic E-state index is 0.112. The van der Waals surface area contributed by atoms with Crippen molar-refractivity contribution in [1.29, 1.82) is 0 Å². The molecule has 1 heterocycles. The zero-order valence-corrected chi connectivity index (χ0v) is 31.9. The summed E-state index contributed by atoms with van der Waals surface area (Å²) in [7, 11) is 0. The summed E-state index contributed by atoms with van der Waals surface area (Å²) in [6, 6.07) is -6.30. The molecule has 0 aliphatic rings. The fourth-order valence-corrected chi connectivity index (χ4v) is 4.90. The molecule has 0 saturated carbocycles. The van der Waals surface area contributed by atoms with Crippen LogP contribution >= 0.6 is 25.3 Å². The van der Waals surface area contributed by atoms with Crippen LogP contribution in [-0.4, -0.2) is 149 Å². The third-order valence-electron chi connectivity index (χ3n) is 7.34. The molecule has 0 bridgehead atoms. The summed E-state index contributed by atoms with van der Waals surface area (Å²) in [4.78, 5) is 129. The first-order valence-corrected chi connectivity index (χ1v) is 18.2. The van der Waals surface area contributed by atoms with E-state index in [2.05, 4.69) is 77.8 Å². The molecule has 5 atom stereocenters. The van der Waals surface area contributed by atoms with Crippen LogP contribution in [0.3, 0.4) is 0 Å². The van der Waals surface area contributed by atoms with Crippen molar-refractivity contribution in [1.82, 2.24) is 52.5 Å². The summed E-state index contributed by atoms with van der Waals surface area (Å²) in [6.07, 6.45) is 3.57. The van der Waals surface area contributed by atoms with Gasteiger partial charge in [0.1, 0.15) is 24.2 Å². The molecule has 0 spiro atoms. The summed E-state index contributed by atoms with van der Waals surface area (Å²) in [6.45, 7) is -2.16. The van der Waals surface area contributed by atoms with Crippen LogP contribution in [0.2, 0.25) is 0 Å². The highest BCUT2D eigenvalue weighted by Crippen LogP contribution is 2.01. The van der Waals surface area contributed by atoms with Gasteiger partial charge in [0.25, 0.3) is 0 Å². The van der Waals surface area contributed by atoms with Crippen molar-refractivity contribution >= 4 is 84.4 Å². The molecule has 1 rings (SSSR count). The number of aliphatic carboxylic acids is 1. The lowest BCUT2D eigenvalue weighted by Crippen LogP contribution is -2.56. The smallest absolute Gasteiger partial charge is 0.326 e. The van der Waals surface area contributed by atoms with E-state index in [-0.39, 0.29) is 17.9 Å². The quantitative estimate of drug-likeness (QED) is 0.0289. The van der Waals surface area contributed by atoms with E-state index in [0.717, 1.165) is 0 Å². The molecule has 1 aromatic rings. The summed E-state index contributed by atoms with van der Waals surface area (Å²) in [5, 5.41) is 27.5. The number of thiol groups is 2. The first-order valence-electron chi connectivity index (χ1n) is 16.9. The standard InChI is InChI=1S/C30H49N13O11S2/c31-4-2-1-3-16(32)26(49)36-10-24(47)40-17(6-21(33)44)27(50)37-8-22(45)35-9-23(46)41-19(12-55)28(51)38-11-25(48)42-20(13-56)29(52)43-18(30(53)54)5-15-7-34-14-39-15/h7,14,16-20,55-56H,1-6,8-13,31-32H2,(H2,33,44)(H,34,39)(H,35,45)(H,36,49)(H,37,50)(H,38,51)(H,40,47)(H,41,46)(H,42,48)(H,43,52)(H,53,54). The van der Waals surface area contributed by atoms with E-state index in [4.69, 9.17) is 17.2 Å².